The second-order valence-electron chi connectivity index (χ2n) is 4.19. The second-order valence-corrected chi connectivity index (χ2v) is 4.59. The van der Waals surface area contributed by atoms with Crippen molar-refractivity contribution in [1.82, 2.24) is 9.88 Å². The van der Waals surface area contributed by atoms with E-state index in [0.717, 1.165) is 23.6 Å². The van der Waals surface area contributed by atoms with Crippen molar-refractivity contribution >= 4 is 22.5 Å². The molecule has 0 fully saturated rings. The molecular weight excluding hydrogens is 220 g/mol. The van der Waals surface area contributed by atoms with Crippen LogP contribution in [0, 0.1) is 6.92 Å². The predicted molar refractivity (Wildman–Crippen MR) is 70.3 cm³/mol. The van der Waals surface area contributed by atoms with Crippen LogP contribution in [0.2, 0.25) is 5.02 Å². The van der Waals surface area contributed by atoms with Gasteiger partial charge in [-0.15, -0.1) is 0 Å². The molecule has 0 aliphatic rings. The first-order valence-corrected chi connectivity index (χ1v) is 5.90. The van der Waals surface area contributed by atoms with E-state index in [0.29, 0.717) is 0 Å². The third kappa shape index (κ3) is 1.83. The molecule has 86 valence electrons. The Balaban J connectivity index is 2.58. The van der Waals surface area contributed by atoms with Gasteiger partial charge in [-0.2, -0.15) is 0 Å². The number of hydrogen-bond acceptors (Lipinski definition) is 1. The molecule has 0 amide bonds. The average Bonchev–Trinajstić information content (AvgIpc) is 2.58. The van der Waals surface area contributed by atoms with E-state index in [9.17, 15) is 0 Å². The Bertz CT molecular complexity index is 514. The Morgan fingerprint density at radius 1 is 1.38 bits per heavy atom. The maximum Gasteiger partial charge on any atom is 0.0525 e. The molecule has 2 rings (SSSR count). The normalized spacial score (nSPS) is 11.2. The van der Waals surface area contributed by atoms with Gasteiger partial charge in [-0.25, -0.2) is 0 Å². The maximum atomic E-state index is 6.15. The van der Waals surface area contributed by atoms with E-state index in [1.54, 1.807) is 0 Å². The van der Waals surface area contributed by atoms with Crippen molar-refractivity contribution in [1.29, 1.82) is 0 Å². The zero-order chi connectivity index (χ0) is 11.7. The van der Waals surface area contributed by atoms with Crippen molar-refractivity contribution in [3.8, 4) is 0 Å². The zero-order valence-corrected chi connectivity index (χ0v) is 10.7. The molecule has 16 heavy (non-hydrogen) atoms. The van der Waals surface area contributed by atoms with Gasteiger partial charge in [-0.05, 0) is 44.1 Å². The molecule has 2 nitrogen and oxygen atoms in total. The summed E-state index contributed by atoms with van der Waals surface area (Å²) in [6, 6.07) is 4.11. The summed E-state index contributed by atoms with van der Waals surface area (Å²) < 4.78 is 2.17. The number of benzene rings is 1. The van der Waals surface area contributed by atoms with Crippen molar-refractivity contribution in [2.24, 2.45) is 7.05 Å². The fourth-order valence-corrected chi connectivity index (χ4v) is 2.37. The van der Waals surface area contributed by atoms with Gasteiger partial charge in [0, 0.05) is 23.7 Å². The topological polar surface area (TPSA) is 17.0 Å². The SMILES string of the molecule is CNCCc1cn(C)c2c(C)c(Cl)ccc12. The quantitative estimate of drug-likeness (QED) is 0.867. The number of nitrogens with zero attached hydrogens (tertiary/aromatic N) is 1. The van der Waals surface area contributed by atoms with Crippen LogP contribution in [0.25, 0.3) is 10.9 Å². The molecule has 1 aromatic heterocycles. The van der Waals surface area contributed by atoms with Gasteiger partial charge in [0.05, 0.1) is 5.52 Å². The van der Waals surface area contributed by atoms with Crippen molar-refractivity contribution in [3.05, 3.63) is 34.5 Å². The highest BCUT2D eigenvalue weighted by molar-refractivity contribution is 6.32. The van der Waals surface area contributed by atoms with E-state index in [-0.39, 0.29) is 0 Å². The second kappa shape index (κ2) is 4.48. The summed E-state index contributed by atoms with van der Waals surface area (Å²) in [5, 5.41) is 5.34. The number of nitrogens with one attached hydrogen (secondary N) is 1. The number of likely N-dealkylation sites (N-methyl/N-ethyl adjacent to an activating group) is 1. The highest BCUT2D eigenvalue weighted by atomic mass is 35.5. The number of fused-ring (bicyclic) bond motifs is 1. The Morgan fingerprint density at radius 2 is 2.12 bits per heavy atom. The number of hydrogen-bond donors (Lipinski definition) is 1. The van der Waals surface area contributed by atoms with Crippen LogP contribution in [0.1, 0.15) is 11.1 Å². The Kier molecular flexibility index (Phi) is 3.22. The van der Waals surface area contributed by atoms with E-state index in [1.807, 2.05) is 13.1 Å². The number of rotatable bonds is 3. The molecule has 0 bridgehead atoms. The molecule has 1 N–H and O–H groups in total. The van der Waals surface area contributed by atoms with Crippen LogP contribution in [0.15, 0.2) is 18.3 Å². The Morgan fingerprint density at radius 3 is 2.81 bits per heavy atom. The zero-order valence-electron chi connectivity index (χ0n) is 9.97. The lowest BCUT2D eigenvalue weighted by atomic mass is 10.1. The van der Waals surface area contributed by atoms with E-state index in [2.05, 4.69) is 36.1 Å². The summed E-state index contributed by atoms with van der Waals surface area (Å²) in [7, 11) is 4.06. The minimum Gasteiger partial charge on any atom is -0.350 e. The number of aryl methyl sites for hydroxylation is 2. The Labute approximate surface area is 101 Å². The summed E-state index contributed by atoms with van der Waals surface area (Å²) >= 11 is 6.15. The minimum absolute atomic E-state index is 0.842. The van der Waals surface area contributed by atoms with Crippen molar-refractivity contribution in [3.63, 3.8) is 0 Å². The highest BCUT2D eigenvalue weighted by Crippen LogP contribution is 2.28. The molecule has 1 heterocycles. The smallest absolute Gasteiger partial charge is 0.0525 e. The van der Waals surface area contributed by atoms with Gasteiger partial charge in [0.1, 0.15) is 0 Å². The lowest BCUT2D eigenvalue weighted by Gasteiger charge is -2.03. The van der Waals surface area contributed by atoms with E-state index >= 15 is 0 Å². The summed E-state index contributed by atoms with van der Waals surface area (Å²) in [6.45, 7) is 3.08. The summed E-state index contributed by atoms with van der Waals surface area (Å²) in [5.74, 6) is 0. The summed E-state index contributed by atoms with van der Waals surface area (Å²) in [6.07, 6.45) is 3.25. The van der Waals surface area contributed by atoms with Crippen LogP contribution >= 0.6 is 11.6 Å². The number of halogens is 1. The molecule has 2 aromatic rings. The Hall–Kier alpha value is -0.990. The molecule has 0 saturated carbocycles. The van der Waals surface area contributed by atoms with Gasteiger partial charge in [-0.3, -0.25) is 0 Å². The third-order valence-corrected chi connectivity index (χ3v) is 3.47. The van der Waals surface area contributed by atoms with Gasteiger partial charge < -0.3 is 9.88 Å². The van der Waals surface area contributed by atoms with Crippen LogP contribution in [-0.2, 0) is 13.5 Å². The van der Waals surface area contributed by atoms with Gasteiger partial charge in [0.2, 0.25) is 0 Å². The molecule has 1 aromatic carbocycles. The molecule has 0 aliphatic heterocycles. The van der Waals surface area contributed by atoms with E-state index < -0.39 is 0 Å². The molecule has 0 radical (unpaired) electrons. The molecule has 0 aliphatic carbocycles. The highest BCUT2D eigenvalue weighted by Gasteiger charge is 2.10. The first-order chi connectivity index (χ1) is 7.65. The van der Waals surface area contributed by atoms with Crippen LogP contribution in [0.5, 0.6) is 0 Å². The van der Waals surface area contributed by atoms with Crippen molar-refractivity contribution in [2.45, 2.75) is 13.3 Å². The van der Waals surface area contributed by atoms with Crippen LogP contribution in [-0.4, -0.2) is 18.2 Å². The lowest BCUT2D eigenvalue weighted by Crippen LogP contribution is -2.09. The summed E-state index contributed by atoms with van der Waals surface area (Å²) in [5.41, 5.74) is 3.79. The van der Waals surface area contributed by atoms with Crippen molar-refractivity contribution < 1.29 is 0 Å². The fourth-order valence-electron chi connectivity index (χ4n) is 2.22. The first kappa shape index (κ1) is 11.5. The van der Waals surface area contributed by atoms with Gasteiger partial charge in [0.15, 0.2) is 0 Å². The predicted octanol–water partition coefficient (Wildman–Crippen LogP) is 2.90. The van der Waals surface area contributed by atoms with E-state index in [1.165, 1.54) is 16.5 Å². The molecule has 0 unspecified atom stereocenters. The molecule has 0 atom stereocenters. The summed E-state index contributed by atoms with van der Waals surface area (Å²) in [4.78, 5) is 0. The molecule has 0 saturated heterocycles. The van der Waals surface area contributed by atoms with Gasteiger partial charge in [-0.1, -0.05) is 17.7 Å². The molecular formula is C13H17ClN2. The molecule has 0 spiro atoms. The fraction of sp³-hybridized carbons (Fsp3) is 0.385. The standard InChI is InChI=1S/C13H17ClN2/c1-9-12(14)5-4-11-10(6-7-15-2)8-16(3)13(9)11/h4-5,8,15H,6-7H2,1-3H3. The monoisotopic (exact) mass is 236 g/mol. The minimum atomic E-state index is 0.842. The van der Waals surface area contributed by atoms with Crippen LogP contribution in [0.4, 0.5) is 0 Å². The van der Waals surface area contributed by atoms with E-state index in [4.69, 9.17) is 11.6 Å². The van der Waals surface area contributed by atoms with Gasteiger partial charge >= 0.3 is 0 Å². The number of aromatic nitrogens is 1. The van der Waals surface area contributed by atoms with Crippen molar-refractivity contribution in [2.75, 3.05) is 13.6 Å². The average molecular weight is 237 g/mol. The van der Waals surface area contributed by atoms with Crippen LogP contribution < -0.4 is 5.32 Å². The lowest BCUT2D eigenvalue weighted by molar-refractivity contribution is 0.791. The van der Waals surface area contributed by atoms with Crippen LogP contribution in [0.3, 0.4) is 0 Å². The van der Waals surface area contributed by atoms with Gasteiger partial charge in [0.25, 0.3) is 0 Å². The maximum absolute atomic E-state index is 6.15. The largest absolute Gasteiger partial charge is 0.350 e. The molecule has 3 heteroatoms. The third-order valence-electron chi connectivity index (χ3n) is 3.06. The first-order valence-electron chi connectivity index (χ1n) is 5.52.